The fraction of sp³-hybridized carbons (Fsp3) is 0.571. The molecule has 8 heteroatoms. The summed E-state index contributed by atoms with van der Waals surface area (Å²) in [4.78, 5) is 29.3. The third-order valence-corrected chi connectivity index (χ3v) is 4.69. The Morgan fingerprint density at radius 2 is 1.93 bits per heavy atom. The molecule has 0 spiro atoms. The molecular weight excluding hydrogens is 380 g/mol. The van der Waals surface area contributed by atoms with Crippen molar-refractivity contribution in [1.29, 1.82) is 0 Å². The van der Waals surface area contributed by atoms with Gasteiger partial charge in [0.1, 0.15) is 17.5 Å². The highest BCUT2D eigenvalue weighted by molar-refractivity contribution is 5.96. The van der Waals surface area contributed by atoms with E-state index in [9.17, 15) is 18.4 Å². The molecule has 0 radical (unpaired) electrons. The van der Waals surface area contributed by atoms with Gasteiger partial charge in [-0.05, 0) is 64.2 Å². The van der Waals surface area contributed by atoms with Crippen molar-refractivity contribution >= 4 is 23.4 Å². The van der Waals surface area contributed by atoms with Crippen molar-refractivity contribution in [2.24, 2.45) is 5.92 Å². The van der Waals surface area contributed by atoms with Crippen LogP contribution in [0.1, 0.15) is 58.9 Å². The fourth-order valence-corrected chi connectivity index (χ4v) is 3.20. The lowest BCUT2D eigenvalue weighted by Gasteiger charge is -2.33. The van der Waals surface area contributed by atoms with E-state index in [4.69, 9.17) is 4.74 Å². The molecule has 0 saturated heterocycles. The Morgan fingerprint density at radius 1 is 1.31 bits per heavy atom. The molecule has 2 rings (SSSR count). The van der Waals surface area contributed by atoms with Crippen molar-refractivity contribution in [1.82, 2.24) is 10.3 Å². The van der Waals surface area contributed by atoms with Crippen molar-refractivity contribution in [3.8, 4) is 0 Å². The number of carbonyl (C=O) groups excluding carboxylic acids is 2. The van der Waals surface area contributed by atoms with Gasteiger partial charge >= 0.3 is 6.09 Å². The number of alkyl carbamates (subject to hydrolysis) is 1. The Labute approximate surface area is 170 Å². The van der Waals surface area contributed by atoms with Crippen LogP contribution in [-0.2, 0) is 9.53 Å². The van der Waals surface area contributed by atoms with Crippen molar-refractivity contribution in [3.63, 3.8) is 0 Å². The quantitative estimate of drug-likeness (QED) is 0.734. The highest BCUT2D eigenvalue weighted by Crippen LogP contribution is 2.37. The maximum Gasteiger partial charge on any atom is 0.408 e. The second kappa shape index (κ2) is 8.88. The van der Waals surface area contributed by atoms with E-state index in [1.807, 2.05) is 6.92 Å². The zero-order chi connectivity index (χ0) is 21.8. The van der Waals surface area contributed by atoms with Crippen LogP contribution in [0.5, 0.6) is 0 Å². The third-order valence-electron chi connectivity index (χ3n) is 4.69. The average Bonchev–Trinajstić information content (AvgIpc) is 2.58. The van der Waals surface area contributed by atoms with Crippen LogP contribution in [0.25, 0.3) is 5.57 Å². The van der Waals surface area contributed by atoms with Gasteiger partial charge in [-0.25, -0.2) is 18.6 Å². The van der Waals surface area contributed by atoms with Gasteiger partial charge in [0, 0.05) is 19.0 Å². The normalized spacial score (nSPS) is 17.9. The first-order chi connectivity index (χ1) is 13.4. The van der Waals surface area contributed by atoms with E-state index in [1.54, 1.807) is 32.9 Å². The van der Waals surface area contributed by atoms with Crippen LogP contribution in [-0.4, -0.2) is 34.5 Å². The van der Waals surface area contributed by atoms with Gasteiger partial charge in [0.05, 0.1) is 0 Å². The van der Waals surface area contributed by atoms with E-state index >= 15 is 0 Å². The van der Waals surface area contributed by atoms with Crippen LogP contribution in [0.2, 0.25) is 0 Å². The van der Waals surface area contributed by atoms with E-state index in [0.717, 1.165) is 11.1 Å². The minimum Gasteiger partial charge on any atom is -0.444 e. The highest BCUT2D eigenvalue weighted by atomic mass is 19.3. The van der Waals surface area contributed by atoms with Gasteiger partial charge in [0.15, 0.2) is 0 Å². The number of anilines is 1. The molecule has 1 aliphatic rings. The number of nitrogens with one attached hydrogen (secondary N) is 2. The molecule has 1 heterocycles. The Morgan fingerprint density at radius 3 is 2.48 bits per heavy atom. The molecule has 1 atom stereocenters. The maximum absolute atomic E-state index is 13.6. The number of carbonyl (C=O) groups is 2. The van der Waals surface area contributed by atoms with Gasteiger partial charge in [0.2, 0.25) is 11.8 Å². The van der Waals surface area contributed by atoms with Crippen molar-refractivity contribution in [3.05, 3.63) is 30.5 Å². The first-order valence-corrected chi connectivity index (χ1v) is 9.66. The summed E-state index contributed by atoms with van der Waals surface area (Å²) >= 11 is 0. The summed E-state index contributed by atoms with van der Waals surface area (Å²) in [6.45, 7) is 10.8. The minimum absolute atomic E-state index is 0.125. The summed E-state index contributed by atoms with van der Waals surface area (Å²) in [7, 11) is 0. The number of nitrogens with zero attached hydrogens (tertiary/aromatic N) is 1. The highest BCUT2D eigenvalue weighted by Gasteiger charge is 2.40. The molecule has 1 aromatic rings. The van der Waals surface area contributed by atoms with E-state index in [1.165, 1.54) is 6.20 Å². The van der Waals surface area contributed by atoms with Crippen LogP contribution in [0.3, 0.4) is 0 Å². The molecule has 0 aliphatic heterocycles. The summed E-state index contributed by atoms with van der Waals surface area (Å²) in [6.07, 6.45) is 0.387. The number of rotatable bonds is 5. The number of aromatic nitrogens is 1. The number of alkyl halides is 2. The Kier molecular flexibility index (Phi) is 6.97. The number of amides is 2. The van der Waals surface area contributed by atoms with Crippen molar-refractivity contribution in [2.45, 2.75) is 70.9 Å². The predicted molar refractivity (Wildman–Crippen MR) is 108 cm³/mol. The molecule has 29 heavy (non-hydrogen) atoms. The summed E-state index contributed by atoms with van der Waals surface area (Å²) in [5.41, 5.74) is 0.868. The fourth-order valence-electron chi connectivity index (χ4n) is 3.20. The molecule has 1 aliphatic carbocycles. The lowest BCUT2D eigenvalue weighted by Crippen LogP contribution is -2.51. The zero-order valence-corrected chi connectivity index (χ0v) is 17.4. The molecule has 160 valence electrons. The Bertz CT molecular complexity index is 765. The summed E-state index contributed by atoms with van der Waals surface area (Å²) in [6, 6.07) is 2.42. The third kappa shape index (κ3) is 7.11. The predicted octanol–water partition coefficient (Wildman–Crippen LogP) is 4.77. The molecule has 2 amide bonds. The molecule has 0 bridgehead atoms. The summed E-state index contributed by atoms with van der Waals surface area (Å²) in [5.74, 6) is -3.38. The Balaban J connectivity index is 2.17. The lowest BCUT2D eigenvalue weighted by atomic mass is 9.81. The summed E-state index contributed by atoms with van der Waals surface area (Å²) < 4.78 is 32.4. The zero-order valence-electron chi connectivity index (χ0n) is 17.4. The van der Waals surface area contributed by atoms with E-state index < -0.39 is 35.5 Å². The van der Waals surface area contributed by atoms with Gasteiger partial charge < -0.3 is 15.4 Å². The van der Waals surface area contributed by atoms with Crippen LogP contribution >= 0.6 is 0 Å². The second-order valence-corrected chi connectivity index (χ2v) is 8.52. The number of pyridine rings is 1. The van der Waals surface area contributed by atoms with E-state index in [2.05, 4.69) is 22.2 Å². The van der Waals surface area contributed by atoms with Gasteiger partial charge in [-0.15, -0.1) is 0 Å². The molecular formula is C21H29F2N3O3. The van der Waals surface area contributed by atoms with Crippen LogP contribution in [0, 0.1) is 5.92 Å². The van der Waals surface area contributed by atoms with Gasteiger partial charge in [-0.2, -0.15) is 0 Å². The Hall–Kier alpha value is -2.51. The minimum atomic E-state index is -2.74. The number of halogens is 2. The molecule has 1 unspecified atom stereocenters. The van der Waals surface area contributed by atoms with Gasteiger partial charge in [-0.1, -0.05) is 12.2 Å². The van der Waals surface area contributed by atoms with Crippen molar-refractivity contribution in [2.75, 3.05) is 5.32 Å². The molecule has 1 aromatic heterocycles. The SMILES string of the molecule is C=C(C)c1ccnc(NC(=O)C(NC(=O)OC(C)(C)C)C2CCC(F)(F)CC2)c1. The molecule has 2 N–H and O–H groups in total. The molecule has 1 fully saturated rings. The smallest absolute Gasteiger partial charge is 0.408 e. The molecule has 0 aromatic carbocycles. The van der Waals surface area contributed by atoms with Gasteiger partial charge in [0.25, 0.3) is 0 Å². The van der Waals surface area contributed by atoms with Crippen LogP contribution in [0.15, 0.2) is 24.9 Å². The van der Waals surface area contributed by atoms with E-state index in [0.29, 0.717) is 5.82 Å². The largest absolute Gasteiger partial charge is 0.444 e. The standard InChI is InChI=1S/C21H29F2N3O3/c1-13(2)15-8-11-24-16(12-15)25-18(27)17(26-19(28)29-20(3,4)5)14-6-9-21(22,23)10-7-14/h8,11-12,14,17H,1,6-7,9-10H2,2-5H3,(H,26,28)(H,24,25,27). The van der Waals surface area contributed by atoms with E-state index in [-0.39, 0.29) is 25.7 Å². The molecule has 1 saturated carbocycles. The average molecular weight is 409 g/mol. The maximum atomic E-state index is 13.6. The first-order valence-electron chi connectivity index (χ1n) is 9.66. The monoisotopic (exact) mass is 409 g/mol. The number of allylic oxidation sites excluding steroid dienone is 1. The van der Waals surface area contributed by atoms with Gasteiger partial charge in [-0.3, -0.25) is 4.79 Å². The van der Waals surface area contributed by atoms with Crippen LogP contribution in [0.4, 0.5) is 19.4 Å². The van der Waals surface area contributed by atoms with Crippen molar-refractivity contribution < 1.29 is 23.1 Å². The molecule has 6 nitrogen and oxygen atoms in total. The summed E-state index contributed by atoms with van der Waals surface area (Å²) in [5, 5.41) is 5.24. The topological polar surface area (TPSA) is 80.3 Å². The number of ether oxygens (including phenoxy) is 1. The second-order valence-electron chi connectivity index (χ2n) is 8.52. The number of hydrogen-bond acceptors (Lipinski definition) is 4. The lowest BCUT2D eigenvalue weighted by molar-refractivity contribution is -0.121. The first kappa shape index (κ1) is 22.8. The number of hydrogen-bond donors (Lipinski definition) is 2. The van der Waals surface area contributed by atoms with Crippen LogP contribution < -0.4 is 10.6 Å².